The Labute approximate surface area is 160 Å². The summed E-state index contributed by atoms with van der Waals surface area (Å²) in [5, 5.41) is 0. The second-order valence-electron chi connectivity index (χ2n) is 7.54. The third-order valence-electron chi connectivity index (χ3n) is 5.47. The molecule has 0 spiro atoms. The highest BCUT2D eigenvalue weighted by Crippen LogP contribution is 2.20. The van der Waals surface area contributed by atoms with Gasteiger partial charge in [0.2, 0.25) is 11.8 Å². The minimum atomic E-state index is 0.184. The Bertz CT molecular complexity index is 434. The molecule has 2 heterocycles. The normalized spacial score (nSPS) is 22.5. The van der Waals surface area contributed by atoms with Crippen LogP contribution in [0.4, 0.5) is 0 Å². The van der Waals surface area contributed by atoms with E-state index in [2.05, 4.69) is 16.7 Å². The highest BCUT2D eigenvalue weighted by Gasteiger charge is 2.28. The molecule has 2 amide bonds. The van der Waals surface area contributed by atoms with Gasteiger partial charge in [-0.15, -0.1) is 0 Å². The Morgan fingerprint density at radius 3 is 2.15 bits per heavy atom. The molecule has 26 heavy (non-hydrogen) atoms. The van der Waals surface area contributed by atoms with Gasteiger partial charge in [-0.2, -0.15) is 0 Å². The minimum absolute atomic E-state index is 0.184. The summed E-state index contributed by atoms with van der Waals surface area (Å²) in [7, 11) is 3.64. The summed E-state index contributed by atoms with van der Waals surface area (Å²) in [5.74, 6) is 1.18. The van der Waals surface area contributed by atoms with Crippen LogP contribution in [0.15, 0.2) is 0 Å². The Kier molecular flexibility index (Phi) is 10.2. The van der Waals surface area contributed by atoms with E-state index in [-0.39, 0.29) is 5.91 Å². The third kappa shape index (κ3) is 6.88. The highest BCUT2D eigenvalue weighted by atomic mass is 16.2. The van der Waals surface area contributed by atoms with E-state index in [9.17, 15) is 9.59 Å². The Morgan fingerprint density at radius 1 is 1.04 bits per heavy atom. The maximum absolute atomic E-state index is 11.9. The molecule has 1 atom stereocenters. The molecule has 0 N–H and O–H groups in total. The molecule has 2 saturated heterocycles. The standard InChI is InChI=1S/C18H34N4O2.C2H6/c1-5-17(23)21-8-6-16(7-9-21)13-20-10-11-22(15(2)12-20)14-18(24)19(3)4;1-2/h15-16H,5-14H2,1-4H3;1-2H3. The summed E-state index contributed by atoms with van der Waals surface area (Å²) in [6.07, 6.45) is 2.87. The molecule has 0 aliphatic carbocycles. The molecule has 2 aliphatic rings. The lowest BCUT2D eigenvalue weighted by molar-refractivity contribution is -0.133. The molecule has 2 fully saturated rings. The Hall–Kier alpha value is -1.14. The zero-order chi connectivity index (χ0) is 19.7. The molecule has 152 valence electrons. The number of nitrogens with zero attached hydrogens (tertiary/aromatic N) is 4. The van der Waals surface area contributed by atoms with Crippen LogP contribution in [0.1, 0.15) is 47.0 Å². The molecule has 0 aromatic rings. The summed E-state index contributed by atoms with van der Waals surface area (Å²) < 4.78 is 0. The van der Waals surface area contributed by atoms with E-state index in [0.29, 0.717) is 30.8 Å². The molecule has 0 aromatic carbocycles. The lowest BCUT2D eigenvalue weighted by Gasteiger charge is -2.42. The van der Waals surface area contributed by atoms with Crippen molar-refractivity contribution in [3.63, 3.8) is 0 Å². The number of likely N-dealkylation sites (N-methyl/N-ethyl adjacent to an activating group) is 1. The van der Waals surface area contributed by atoms with E-state index in [0.717, 1.165) is 52.1 Å². The van der Waals surface area contributed by atoms with E-state index < -0.39 is 0 Å². The average Bonchev–Trinajstić information content (AvgIpc) is 2.65. The molecule has 0 radical (unpaired) electrons. The Morgan fingerprint density at radius 2 is 1.65 bits per heavy atom. The molecule has 0 saturated carbocycles. The first-order chi connectivity index (χ1) is 12.4. The summed E-state index contributed by atoms with van der Waals surface area (Å²) in [6.45, 7) is 14.7. The highest BCUT2D eigenvalue weighted by molar-refractivity contribution is 5.77. The van der Waals surface area contributed by atoms with Crippen LogP contribution in [0.2, 0.25) is 0 Å². The van der Waals surface area contributed by atoms with Gasteiger partial charge >= 0.3 is 0 Å². The molecule has 0 aromatic heterocycles. The van der Waals surface area contributed by atoms with Crippen LogP contribution in [-0.2, 0) is 9.59 Å². The van der Waals surface area contributed by atoms with Crippen LogP contribution in [-0.4, -0.2) is 97.4 Å². The summed E-state index contributed by atoms with van der Waals surface area (Å²) >= 11 is 0. The number of carbonyl (C=O) groups is 2. The third-order valence-corrected chi connectivity index (χ3v) is 5.47. The summed E-state index contributed by atoms with van der Waals surface area (Å²) in [4.78, 5) is 32.2. The number of hydrogen-bond donors (Lipinski definition) is 0. The average molecular weight is 369 g/mol. The van der Waals surface area contributed by atoms with Crippen LogP contribution in [0.25, 0.3) is 0 Å². The number of rotatable bonds is 5. The summed E-state index contributed by atoms with van der Waals surface area (Å²) in [6, 6.07) is 0.421. The van der Waals surface area contributed by atoms with Gasteiger partial charge in [-0.05, 0) is 25.7 Å². The predicted molar refractivity (Wildman–Crippen MR) is 107 cm³/mol. The second kappa shape index (κ2) is 11.5. The van der Waals surface area contributed by atoms with Crippen molar-refractivity contribution in [2.45, 2.75) is 53.0 Å². The van der Waals surface area contributed by atoms with Crippen LogP contribution in [0, 0.1) is 5.92 Å². The van der Waals surface area contributed by atoms with Crippen LogP contribution in [0.5, 0.6) is 0 Å². The van der Waals surface area contributed by atoms with Crippen molar-refractivity contribution in [3.8, 4) is 0 Å². The molecule has 2 rings (SSSR count). The monoisotopic (exact) mass is 368 g/mol. The number of likely N-dealkylation sites (tertiary alicyclic amines) is 1. The van der Waals surface area contributed by atoms with Gasteiger partial charge in [0.05, 0.1) is 6.54 Å². The van der Waals surface area contributed by atoms with E-state index in [4.69, 9.17) is 0 Å². The topological polar surface area (TPSA) is 47.1 Å². The van der Waals surface area contributed by atoms with Gasteiger partial charge in [0.25, 0.3) is 0 Å². The maximum atomic E-state index is 11.9. The number of piperazine rings is 1. The molecular formula is C20H40N4O2. The van der Waals surface area contributed by atoms with Gasteiger partial charge in [0.15, 0.2) is 0 Å². The van der Waals surface area contributed by atoms with Crippen molar-refractivity contribution in [1.29, 1.82) is 0 Å². The van der Waals surface area contributed by atoms with Crippen molar-refractivity contribution in [3.05, 3.63) is 0 Å². The van der Waals surface area contributed by atoms with Crippen molar-refractivity contribution in [1.82, 2.24) is 19.6 Å². The quantitative estimate of drug-likeness (QED) is 0.742. The van der Waals surface area contributed by atoms with E-state index in [1.165, 1.54) is 0 Å². The van der Waals surface area contributed by atoms with Gasteiger partial charge in [-0.1, -0.05) is 20.8 Å². The van der Waals surface area contributed by atoms with Gasteiger partial charge in [0, 0.05) is 65.8 Å². The summed E-state index contributed by atoms with van der Waals surface area (Å²) in [5.41, 5.74) is 0. The smallest absolute Gasteiger partial charge is 0.236 e. The number of carbonyl (C=O) groups excluding carboxylic acids is 2. The van der Waals surface area contributed by atoms with Gasteiger partial charge < -0.3 is 14.7 Å². The van der Waals surface area contributed by atoms with E-state index in [1.807, 2.05) is 39.8 Å². The van der Waals surface area contributed by atoms with Gasteiger partial charge in [-0.3, -0.25) is 14.5 Å². The SMILES string of the molecule is CC.CCC(=O)N1CCC(CN2CCN(CC(=O)N(C)C)C(C)C2)CC1. The van der Waals surface area contributed by atoms with Crippen LogP contribution in [0.3, 0.4) is 0 Å². The van der Waals surface area contributed by atoms with Crippen molar-refractivity contribution in [2.75, 3.05) is 59.9 Å². The Balaban J connectivity index is 0.00000163. The lowest BCUT2D eigenvalue weighted by atomic mass is 9.95. The largest absolute Gasteiger partial charge is 0.348 e. The number of piperidine rings is 1. The van der Waals surface area contributed by atoms with E-state index >= 15 is 0 Å². The number of hydrogen-bond acceptors (Lipinski definition) is 4. The second-order valence-corrected chi connectivity index (χ2v) is 7.54. The zero-order valence-corrected chi connectivity index (χ0v) is 17.8. The molecule has 0 bridgehead atoms. The zero-order valence-electron chi connectivity index (χ0n) is 17.8. The molecule has 6 heteroatoms. The molecule has 1 unspecified atom stereocenters. The fourth-order valence-corrected chi connectivity index (χ4v) is 3.74. The maximum Gasteiger partial charge on any atom is 0.236 e. The van der Waals surface area contributed by atoms with Crippen molar-refractivity contribution < 1.29 is 9.59 Å². The van der Waals surface area contributed by atoms with Crippen LogP contribution < -0.4 is 0 Å². The van der Waals surface area contributed by atoms with E-state index in [1.54, 1.807) is 4.90 Å². The van der Waals surface area contributed by atoms with Crippen molar-refractivity contribution in [2.24, 2.45) is 5.92 Å². The first kappa shape index (κ1) is 22.9. The fraction of sp³-hybridized carbons (Fsp3) is 0.900. The molecule has 6 nitrogen and oxygen atoms in total. The number of amides is 2. The van der Waals surface area contributed by atoms with Crippen LogP contribution >= 0.6 is 0 Å². The predicted octanol–water partition coefficient (Wildman–Crippen LogP) is 1.76. The first-order valence-corrected chi connectivity index (χ1v) is 10.3. The molecule has 2 aliphatic heterocycles. The van der Waals surface area contributed by atoms with Crippen molar-refractivity contribution >= 4 is 11.8 Å². The van der Waals surface area contributed by atoms with Gasteiger partial charge in [0.1, 0.15) is 0 Å². The fourth-order valence-electron chi connectivity index (χ4n) is 3.74. The minimum Gasteiger partial charge on any atom is -0.348 e. The molecular weight excluding hydrogens is 328 g/mol. The van der Waals surface area contributed by atoms with Gasteiger partial charge in [-0.25, -0.2) is 0 Å². The first-order valence-electron chi connectivity index (χ1n) is 10.3. The lowest BCUT2D eigenvalue weighted by Crippen LogP contribution is -2.55.